The first-order valence-electron chi connectivity index (χ1n) is 6.75. The fraction of sp³-hybridized carbons (Fsp3) is 0.294. The van der Waals surface area contributed by atoms with Gasteiger partial charge in [-0.25, -0.2) is 0 Å². The summed E-state index contributed by atoms with van der Waals surface area (Å²) in [6.45, 7) is 2.17. The smallest absolute Gasteiger partial charge is 0.0444 e. The maximum atomic E-state index is 3.66. The minimum Gasteiger partial charge on any atom is -0.344 e. The van der Waals surface area contributed by atoms with E-state index in [0.717, 1.165) is 12.8 Å². The van der Waals surface area contributed by atoms with Gasteiger partial charge in [0.05, 0.1) is 0 Å². The first-order chi connectivity index (χ1) is 9.16. The first-order valence-corrected chi connectivity index (χ1v) is 7.67. The molecule has 0 radical (unpaired) electrons. The van der Waals surface area contributed by atoms with Crippen LogP contribution >= 0.6 is 15.9 Å². The molecule has 0 aliphatic carbocycles. The predicted molar refractivity (Wildman–Crippen MR) is 85.7 cm³/mol. The number of hydrogen-bond acceptors (Lipinski definition) is 1. The molecule has 0 bridgehead atoms. The van der Waals surface area contributed by atoms with E-state index in [0.29, 0.717) is 4.83 Å². The fourth-order valence-corrected chi connectivity index (χ4v) is 3.09. The van der Waals surface area contributed by atoms with Crippen molar-refractivity contribution in [2.75, 3.05) is 11.9 Å². The molecular formula is C17H18BrN. The summed E-state index contributed by atoms with van der Waals surface area (Å²) in [6, 6.07) is 15.6. The van der Waals surface area contributed by atoms with Crippen molar-refractivity contribution >= 4 is 27.3 Å². The maximum Gasteiger partial charge on any atom is 0.0444 e. The molecule has 1 aliphatic rings. The Morgan fingerprint density at radius 1 is 1.00 bits per heavy atom. The van der Waals surface area contributed by atoms with Crippen LogP contribution in [-0.4, -0.2) is 7.05 Å². The number of benzene rings is 2. The lowest BCUT2D eigenvalue weighted by Gasteiger charge is -2.23. The Morgan fingerprint density at radius 2 is 1.68 bits per heavy atom. The minimum absolute atomic E-state index is 0.393. The third-order valence-electron chi connectivity index (χ3n) is 3.95. The third-order valence-corrected chi connectivity index (χ3v) is 4.48. The van der Waals surface area contributed by atoms with E-state index < -0.39 is 0 Å². The molecular weight excluding hydrogens is 298 g/mol. The Kier molecular flexibility index (Phi) is 3.36. The number of alkyl halides is 1. The predicted octanol–water partition coefficient (Wildman–Crippen LogP) is 5.01. The molecule has 0 amide bonds. The van der Waals surface area contributed by atoms with Gasteiger partial charge in [0.15, 0.2) is 0 Å². The Balaban J connectivity index is 2.13. The number of halogens is 1. The molecule has 2 aromatic rings. The van der Waals surface area contributed by atoms with E-state index in [-0.39, 0.29) is 0 Å². The SMILES string of the molecule is CC(Br)c1ccc2c(c1)N(C)c1ccccc1CC2. The largest absolute Gasteiger partial charge is 0.344 e. The molecule has 1 nitrogen and oxygen atoms in total. The lowest BCUT2D eigenvalue weighted by Crippen LogP contribution is -2.11. The van der Waals surface area contributed by atoms with Crippen LogP contribution in [-0.2, 0) is 12.8 Å². The molecule has 3 rings (SSSR count). The van der Waals surface area contributed by atoms with Crippen LogP contribution in [0.1, 0.15) is 28.4 Å². The molecule has 1 heterocycles. The standard InChI is InChI=1S/C17H18BrN/c1-12(18)15-10-9-14-8-7-13-5-3-4-6-16(13)19(2)17(14)11-15/h3-6,9-12H,7-8H2,1-2H3. The van der Waals surface area contributed by atoms with Crippen molar-refractivity contribution in [3.63, 3.8) is 0 Å². The van der Waals surface area contributed by atoms with E-state index in [1.165, 1.54) is 28.1 Å². The molecule has 1 aliphatic heterocycles. The Bertz CT molecular complexity index is 604. The van der Waals surface area contributed by atoms with E-state index in [1.54, 1.807) is 0 Å². The van der Waals surface area contributed by atoms with E-state index in [9.17, 15) is 0 Å². The fourth-order valence-electron chi connectivity index (χ4n) is 2.80. The Morgan fingerprint density at radius 3 is 2.42 bits per heavy atom. The summed E-state index contributed by atoms with van der Waals surface area (Å²) in [7, 11) is 2.17. The van der Waals surface area contributed by atoms with Crippen molar-refractivity contribution in [2.24, 2.45) is 0 Å². The van der Waals surface area contributed by atoms with Crippen molar-refractivity contribution < 1.29 is 0 Å². The third kappa shape index (κ3) is 2.30. The molecule has 98 valence electrons. The van der Waals surface area contributed by atoms with Crippen molar-refractivity contribution in [3.05, 3.63) is 59.2 Å². The summed E-state index contributed by atoms with van der Waals surface area (Å²) in [5.41, 5.74) is 6.89. The summed E-state index contributed by atoms with van der Waals surface area (Å²) in [6.07, 6.45) is 2.24. The molecule has 0 saturated carbocycles. The second-order valence-electron chi connectivity index (χ2n) is 5.19. The molecule has 1 atom stereocenters. The number of fused-ring (bicyclic) bond motifs is 2. The van der Waals surface area contributed by atoms with Crippen LogP contribution in [0.2, 0.25) is 0 Å². The van der Waals surface area contributed by atoms with Crippen LogP contribution in [0.5, 0.6) is 0 Å². The highest BCUT2D eigenvalue weighted by molar-refractivity contribution is 9.09. The minimum atomic E-state index is 0.393. The lowest BCUT2D eigenvalue weighted by molar-refractivity contribution is 0.974. The second-order valence-corrected chi connectivity index (χ2v) is 6.57. The van der Waals surface area contributed by atoms with E-state index in [4.69, 9.17) is 0 Å². The van der Waals surface area contributed by atoms with Gasteiger partial charge in [-0.05, 0) is 48.6 Å². The monoisotopic (exact) mass is 315 g/mol. The maximum absolute atomic E-state index is 3.66. The number of aryl methyl sites for hydroxylation is 2. The number of para-hydroxylation sites is 1. The molecule has 0 fully saturated rings. The average molecular weight is 316 g/mol. The van der Waals surface area contributed by atoms with Gasteiger partial charge in [-0.1, -0.05) is 46.3 Å². The van der Waals surface area contributed by atoms with Crippen LogP contribution in [0, 0.1) is 0 Å². The topological polar surface area (TPSA) is 3.24 Å². The first kappa shape index (κ1) is 12.7. The van der Waals surface area contributed by atoms with Gasteiger partial charge in [0.1, 0.15) is 0 Å². The van der Waals surface area contributed by atoms with Gasteiger partial charge in [-0.2, -0.15) is 0 Å². The van der Waals surface area contributed by atoms with Crippen molar-refractivity contribution in [3.8, 4) is 0 Å². The number of nitrogens with zero attached hydrogens (tertiary/aromatic N) is 1. The zero-order chi connectivity index (χ0) is 13.4. The molecule has 2 aromatic carbocycles. The average Bonchev–Trinajstić information content (AvgIpc) is 2.57. The summed E-state index contributed by atoms with van der Waals surface area (Å²) in [5, 5.41) is 0. The number of hydrogen-bond donors (Lipinski definition) is 0. The van der Waals surface area contributed by atoms with Crippen molar-refractivity contribution in [2.45, 2.75) is 24.6 Å². The van der Waals surface area contributed by atoms with Crippen molar-refractivity contribution in [1.82, 2.24) is 0 Å². The van der Waals surface area contributed by atoms with Crippen LogP contribution in [0.25, 0.3) is 0 Å². The van der Waals surface area contributed by atoms with Gasteiger partial charge in [0.25, 0.3) is 0 Å². The molecule has 1 unspecified atom stereocenters. The zero-order valence-electron chi connectivity index (χ0n) is 11.4. The van der Waals surface area contributed by atoms with Crippen LogP contribution in [0.3, 0.4) is 0 Å². The summed E-state index contributed by atoms with van der Waals surface area (Å²) >= 11 is 3.66. The summed E-state index contributed by atoms with van der Waals surface area (Å²) in [5.74, 6) is 0. The lowest BCUT2D eigenvalue weighted by atomic mass is 10.0. The molecule has 19 heavy (non-hydrogen) atoms. The van der Waals surface area contributed by atoms with E-state index >= 15 is 0 Å². The van der Waals surface area contributed by atoms with Gasteiger partial charge in [0.2, 0.25) is 0 Å². The van der Waals surface area contributed by atoms with Crippen LogP contribution < -0.4 is 4.90 Å². The normalized spacial score (nSPS) is 15.4. The van der Waals surface area contributed by atoms with Gasteiger partial charge in [0, 0.05) is 23.2 Å². The Hall–Kier alpha value is -1.28. The van der Waals surface area contributed by atoms with E-state index in [1.807, 2.05) is 0 Å². The second kappa shape index (κ2) is 5.01. The van der Waals surface area contributed by atoms with E-state index in [2.05, 4.69) is 77.3 Å². The molecule has 0 saturated heterocycles. The number of anilines is 2. The number of rotatable bonds is 1. The quantitative estimate of drug-likeness (QED) is 0.669. The van der Waals surface area contributed by atoms with Crippen LogP contribution in [0.4, 0.5) is 11.4 Å². The molecule has 0 aromatic heterocycles. The van der Waals surface area contributed by atoms with Crippen molar-refractivity contribution in [1.29, 1.82) is 0 Å². The van der Waals surface area contributed by atoms with Gasteiger partial charge in [-0.3, -0.25) is 0 Å². The highest BCUT2D eigenvalue weighted by Gasteiger charge is 2.18. The summed E-state index contributed by atoms with van der Waals surface area (Å²) in [4.78, 5) is 2.72. The molecule has 0 spiro atoms. The van der Waals surface area contributed by atoms with Crippen LogP contribution in [0.15, 0.2) is 42.5 Å². The highest BCUT2D eigenvalue weighted by Crippen LogP contribution is 2.37. The molecule has 2 heteroatoms. The van der Waals surface area contributed by atoms with Gasteiger partial charge in [-0.15, -0.1) is 0 Å². The summed E-state index contributed by atoms with van der Waals surface area (Å²) < 4.78 is 0. The highest BCUT2D eigenvalue weighted by atomic mass is 79.9. The zero-order valence-corrected chi connectivity index (χ0v) is 12.9. The molecule has 0 N–H and O–H groups in total. The Labute approximate surface area is 123 Å². The van der Waals surface area contributed by atoms with Gasteiger partial charge < -0.3 is 4.90 Å². The van der Waals surface area contributed by atoms with Gasteiger partial charge >= 0.3 is 0 Å².